The quantitative estimate of drug-likeness (QED) is 0.879. The summed E-state index contributed by atoms with van der Waals surface area (Å²) in [6.45, 7) is 0.390. The van der Waals surface area contributed by atoms with Crippen molar-refractivity contribution in [2.75, 3.05) is 6.67 Å². The molecular formula is C12H12Cl2FNO3. The summed E-state index contributed by atoms with van der Waals surface area (Å²) in [6, 6.07) is 3.10. The van der Waals surface area contributed by atoms with Gasteiger partial charge >= 0.3 is 5.97 Å². The van der Waals surface area contributed by atoms with Gasteiger partial charge in [0.15, 0.2) is 6.04 Å². The molecule has 104 valence electrons. The number of rotatable bonds is 5. The van der Waals surface area contributed by atoms with Gasteiger partial charge in [-0.05, 0) is 24.6 Å². The van der Waals surface area contributed by atoms with E-state index >= 15 is 0 Å². The molecule has 1 rings (SSSR count). The first kappa shape index (κ1) is 15.7. The number of carboxylic acid groups (broad SMARTS) is 1. The van der Waals surface area contributed by atoms with E-state index in [2.05, 4.69) is 5.32 Å². The van der Waals surface area contributed by atoms with Crippen molar-refractivity contribution in [3.8, 4) is 0 Å². The van der Waals surface area contributed by atoms with Gasteiger partial charge in [0, 0.05) is 0 Å². The lowest BCUT2D eigenvalue weighted by Crippen LogP contribution is -2.44. The van der Waals surface area contributed by atoms with E-state index in [1.54, 1.807) is 13.0 Å². The highest BCUT2D eigenvalue weighted by Crippen LogP contribution is 2.26. The Balaban J connectivity index is 2.81. The molecule has 1 aromatic rings. The number of carbonyl (C=O) groups is 2. The molecule has 0 aliphatic carbocycles. The molecule has 0 saturated heterocycles. The molecule has 0 heterocycles. The van der Waals surface area contributed by atoms with Gasteiger partial charge in [-0.3, -0.25) is 4.79 Å². The summed E-state index contributed by atoms with van der Waals surface area (Å²) >= 11 is 11.6. The van der Waals surface area contributed by atoms with Crippen LogP contribution < -0.4 is 5.32 Å². The second kappa shape index (κ2) is 6.73. The highest BCUT2D eigenvalue weighted by Gasteiger charge is 2.23. The maximum Gasteiger partial charge on any atom is 0.328 e. The third-order valence-corrected chi connectivity index (χ3v) is 3.34. The smallest absolute Gasteiger partial charge is 0.328 e. The molecule has 1 aromatic carbocycles. The lowest BCUT2D eigenvalue weighted by molar-refractivity contribution is -0.142. The van der Waals surface area contributed by atoms with E-state index in [0.717, 1.165) is 0 Å². The van der Waals surface area contributed by atoms with Gasteiger partial charge in [-0.2, -0.15) is 0 Å². The molecule has 0 saturated carbocycles. The van der Waals surface area contributed by atoms with Crippen LogP contribution in [0.3, 0.4) is 0 Å². The monoisotopic (exact) mass is 307 g/mol. The Morgan fingerprint density at radius 3 is 2.47 bits per heavy atom. The number of hydrogen-bond donors (Lipinski definition) is 2. The second-order valence-electron chi connectivity index (χ2n) is 3.95. The number of alkyl halides is 1. The molecule has 0 aromatic heterocycles. The van der Waals surface area contributed by atoms with Crippen LogP contribution >= 0.6 is 23.2 Å². The number of benzene rings is 1. The molecular weight excluding hydrogens is 296 g/mol. The molecule has 0 radical (unpaired) electrons. The molecule has 2 unspecified atom stereocenters. The normalized spacial score (nSPS) is 13.7. The second-order valence-corrected chi connectivity index (χ2v) is 4.76. The minimum atomic E-state index is -1.54. The van der Waals surface area contributed by atoms with Crippen molar-refractivity contribution in [3.05, 3.63) is 33.8 Å². The fraction of sp³-hybridized carbons (Fsp3) is 0.333. The molecule has 0 aliphatic heterocycles. The zero-order chi connectivity index (χ0) is 14.6. The van der Waals surface area contributed by atoms with Crippen LogP contribution in [-0.4, -0.2) is 29.7 Å². The van der Waals surface area contributed by atoms with E-state index in [1.165, 1.54) is 12.1 Å². The Hall–Kier alpha value is -1.33. The fourth-order valence-electron chi connectivity index (χ4n) is 1.40. The summed E-state index contributed by atoms with van der Waals surface area (Å²) in [5.74, 6) is -2.68. The molecule has 2 atom stereocenters. The predicted octanol–water partition coefficient (Wildman–Crippen LogP) is 2.64. The average Bonchev–Trinajstić information content (AvgIpc) is 2.37. The van der Waals surface area contributed by atoms with Crippen molar-refractivity contribution < 1.29 is 19.1 Å². The van der Waals surface area contributed by atoms with Gasteiger partial charge in [-0.25, -0.2) is 9.18 Å². The standard InChI is InChI=1S/C12H12Cl2FNO3/c1-6(7-2-3-8(13)9(14)4-7)11(17)16-10(5-15)12(18)19/h2-4,6,10H,5H2,1H3,(H,16,17)(H,18,19). The van der Waals surface area contributed by atoms with Crippen LogP contribution in [0, 0.1) is 0 Å². The van der Waals surface area contributed by atoms with Crippen LogP contribution in [0.25, 0.3) is 0 Å². The predicted molar refractivity (Wildman–Crippen MR) is 70.4 cm³/mol. The summed E-state index contributed by atoms with van der Waals surface area (Å²) in [4.78, 5) is 22.4. The Morgan fingerprint density at radius 1 is 1.37 bits per heavy atom. The number of halogens is 3. The summed E-state index contributed by atoms with van der Waals surface area (Å²) in [7, 11) is 0. The SMILES string of the molecule is CC(C(=O)NC(CF)C(=O)O)c1ccc(Cl)c(Cl)c1. The molecule has 0 fully saturated rings. The van der Waals surface area contributed by atoms with E-state index in [4.69, 9.17) is 28.3 Å². The number of hydrogen-bond acceptors (Lipinski definition) is 2. The molecule has 2 N–H and O–H groups in total. The minimum Gasteiger partial charge on any atom is -0.480 e. The maximum absolute atomic E-state index is 12.4. The molecule has 4 nitrogen and oxygen atoms in total. The molecule has 0 bridgehead atoms. The Labute approximate surface area is 119 Å². The fourth-order valence-corrected chi connectivity index (χ4v) is 1.70. The molecule has 7 heteroatoms. The first-order valence-corrected chi connectivity index (χ1v) is 6.16. The van der Waals surface area contributed by atoms with E-state index in [1.807, 2.05) is 0 Å². The van der Waals surface area contributed by atoms with Gasteiger partial charge < -0.3 is 10.4 Å². The van der Waals surface area contributed by atoms with Gasteiger partial charge in [0.1, 0.15) is 6.67 Å². The third kappa shape index (κ3) is 4.08. The van der Waals surface area contributed by atoms with Crippen LogP contribution in [0.5, 0.6) is 0 Å². The van der Waals surface area contributed by atoms with Crippen molar-refractivity contribution in [2.45, 2.75) is 18.9 Å². The number of amides is 1. The van der Waals surface area contributed by atoms with Gasteiger partial charge in [-0.15, -0.1) is 0 Å². The minimum absolute atomic E-state index is 0.291. The Kier molecular flexibility index (Phi) is 5.57. The molecule has 0 aliphatic rings. The number of nitrogens with one attached hydrogen (secondary N) is 1. The highest BCUT2D eigenvalue weighted by atomic mass is 35.5. The van der Waals surface area contributed by atoms with Crippen LogP contribution in [0.4, 0.5) is 4.39 Å². The molecule has 1 amide bonds. The van der Waals surface area contributed by atoms with E-state index in [0.29, 0.717) is 15.6 Å². The molecule has 19 heavy (non-hydrogen) atoms. The zero-order valence-electron chi connectivity index (χ0n) is 9.99. The summed E-state index contributed by atoms with van der Waals surface area (Å²) in [5.41, 5.74) is 0.565. The van der Waals surface area contributed by atoms with Crippen LogP contribution in [0.2, 0.25) is 10.0 Å². The van der Waals surface area contributed by atoms with Crippen LogP contribution in [0.1, 0.15) is 18.4 Å². The third-order valence-electron chi connectivity index (χ3n) is 2.61. The number of carbonyl (C=O) groups excluding carboxylic acids is 1. The molecule has 0 spiro atoms. The van der Waals surface area contributed by atoms with Crippen LogP contribution in [0.15, 0.2) is 18.2 Å². The van der Waals surface area contributed by atoms with E-state index in [9.17, 15) is 14.0 Å². The summed E-state index contributed by atoms with van der Waals surface area (Å²) < 4.78 is 12.4. The number of aliphatic carboxylic acids is 1. The number of carboxylic acids is 1. The van der Waals surface area contributed by atoms with Gasteiger partial charge in [0.2, 0.25) is 5.91 Å². The Morgan fingerprint density at radius 2 is 2.00 bits per heavy atom. The topological polar surface area (TPSA) is 66.4 Å². The van der Waals surface area contributed by atoms with E-state index < -0.39 is 30.5 Å². The van der Waals surface area contributed by atoms with Crippen molar-refractivity contribution in [3.63, 3.8) is 0 Å². The first-order chi connectivity index (χ1) is 8.86. The van der Waals surface area contributed by atoms with Crippen molar-refractivity contribution in [2.24, 2.45) is 0 Å². The summed E-state index contributed by atoms with van der Waals surface area (Å²) in [5, 5.41) is 11.4. The van der Waals surface area contributed by atoms with Crippen molar-refractivity contribution in [1.29, 1.82) is 0 Å². The zero-order valence-corrected chi connectivity index (χ0v) is 11.5. The van der Waals surface area contributed by atoms with Gasteiger partial charge in [0.25, 0.3) is 0 Å². The first-order valence-electron chi connectivity index (χ1n) is 5.41. The summed E-state index contributed by atoms with van der Waals surface area (Å²) in [6.07, 6.45) is 0. The van der Waals surface area contributed by atoms with Crippen molar-refractivity contribution >= 4 is 35.1 Å². The average molecular weight is 308 g/mol. The van der Waals surface area contributed by atoms with Gasteiger partial charge in [-0.1, -0.05) is 29.3 Å². The van der Waals surface area contributed by atoms with Crippen LogP contribution in [-0.2, 0) is 9.59 Å². The lowest BCUT2D eigenvalue weighted by atomic mass is 10.00. The van der Waals surface area contributed by atoms with Gasteiger partial charge in [0.05, 0.1) is 16.0 Å². The largest absolute Gasteiger partial charge is 0.480 e. The maximum atomic E-state index is 12.4. The lowest BCUT2D eigenvalue weighted by Gasteiger charge is -2.16. The van der Waals surface area contributed by atoms with E-state index in [-0.39, 0.29) is 0 Å². The Bertz CT molecular complexity index is 496. The highest BCUT2D eigenvalue weighted by molar-refractivity contribution is 6.42. The van der Waals surface area contributed by atoms with Crippen molar-refractivity contribution in [1.82, 2.24) is 5.32 Å².